The number of nitrogens with zero attached hydrogens (tertiary/aromatic N) is 1. The Labute approximate surface area is 126 Å². The molecule has 1 N–H and O–H groups in total. The smallest absolute Gasteiger partial charge is 0.266 e. The van der Waals surface area contributed by atoms with Crippen molar-refractivity contribution in [3.63, 3.8) is 0 Å². The summed E-state index contributed by atoms with van der Waals surface area (Å²) in [4.78, 5) is 12.0. The number of halogens is 2. The van der Waals surface area contributed by atoms with E-state index in [9.17, 15) is 9.18 Å². The van der Waals surface area contributed by atoms with Crippen LogP contribution in [0.1, 0.15) is 5.56 Å². The van der Waals surface area contributed by atoms with Crippen LogP contribution in [0.2, 0.25) is 5.02 Å². The maximum atomic E-state index is 12.8. The van der Waals surface area contributed by atoms with Gasteiger partial charge in [-0.1, -0.05) is 23.7 Å². The number of hydrogen-bond donors (Lipinski definition) is 1. The Kier molecular flexibility index (Phi) is 4.70. The fraction of sp³-hybridized carbons (Fsp3) is 0. The van der Waals surface area contributed by atoms with E-state index >= 15 is 0 Å². The summed E-state index contributed by atoms with van der Waals surface area (Å²) in [6, 6.07) is 13.9. The van der Waals surface area contributed by atoms with Crippen molar-refractivity contribution >= 4 is 29.3 Å². The standard InChI is InChI=1S/C16H10ClFN2O/c17-13-3-1-11(2-4-13)9-12(10-19)16(21)20-15-7-5-14(18)6-8-15/h1-9H,(H,20,21)/b12-9-. The Morgan fingerprint density at radius 1 is 1.14 bits per heavy atom. The summed E-state index contributed by atoms with van der Waals surface area (Å²) in [6.07, 6.45) is 1.45. The molecular formula is C16H10ClFN2O. The van der Waals surface area contributed by atoms with Crippen LogP contribution >= 0.6 is 11.6 Å². The molecule has 5 heteroatoms. The van der Waals surface area contributed by atoms with Crippen molar-refractivity contribution in [1.82, 2.24) is 0 Å². The average molecular weight is 301 g/mol. The van der Waals surface area contributed by atoms with Gasteiger partial charge in [-0.25, -0.2) is 4.39 Å². The van der Waals surface area contributed by atoms with Crippen LogP contribution in [0.15, 0.2) is 54.1 Å². The van der Waals surface area contributed by atoms with Crippen molar-refractivity contribution in [2.24, 2.45) is 0 Å². The molecular weight excluding hydrogens is 291 g/mol. The van der Waals surface area contributed by atoms with Crippen LogP contribution < -0.4 is 5.32 Å². The molecule has 0 heterocycles. The SMILES string of the molecule is N#C/C(=C/c1ccc(Cl)cc1)C(=O)Nc1ccc(F)cc1. The van der Waals surface area contributed by atoms with Gasteiger partial charge in [0.05, 0.1) is 0 Å². The molecule has 2 rings (SSSR count). The molecule has 0 spiro atoms. The van der Waals surface area contributed by atoms with Crippen LogP contribution in [0.5, 0.6) is 0 Å². The number of rotatable bonds is 3. The Morgan fingerprint density at radius 3 is 2.33 bits per heavy atom. The lowest BCUT2D eigenvalue weighted by molar-refractivity contribution is -0.112. The van der Waals surface area contributed by atoms with Crippen LogP contribution in [0.25, 0.3) is 6.08 Å². The zero-order chi connectivity index (χ0) is 15.2. The molecule has 0 unspecified atom stereocenters. The van der Waals surface area contributed by atoms with E-state index < -0.39 is 11.7 Å². The minimum Gasteiger partial charge on any atom is -0.321 e. The monoisotopic (exact) mass is 300 g/mol. The van der Waals surface area contributed by atoms with Crippen LogP contribution in [0.3, 0.4) is 0 Å². The first-order valence-electron chi connectivity index (χ1n) is 6.03. The largest absolute Gasteiger partial charge is 0.321 e. The van der Waals surface area contributed by atoms with Gasteiger partial charge in [-0.05, 0) is 48.0 Å². The molecule has 104 valence electrons. The lowest BCUT2D eigenvalue weighted by Gasteiger charge is -2.04. The second-order valence-corrected chi connectivity index (χ2v) is 4.62. The topological polar surface area (TPSA) is 52.9 Å². The second kappa shape index (κ2) is 6.69. The van der Waals surface area contributed by atoms with Crippen molar-refractivity contribution in [1.29, 1.82) is 5.26 Å². The Hall–Kier alpha value is -2.64. The molecule has 0 aromatic heterocycles. The Balaban J connectivity index is 2.17. The van der Waals surface area contributed by atoms with E-state index in [1.807, 2.05) is 6.07 Å². The zero-order valence-electron chi connectivity index (χ0n) is 10.8. The van der Waals surface area contributed by atoms with Gasteiger partial charge in [0, 0.05) is 10.7 Å². The fourth-order valence-electron chi connectivity index (χ4n) is 1.61. The molecule has 2 aromatic rings. The van der Waals surface area contributed by atoms with Crippen molar-refractivity contribution in [3.8, 4) is 6.07 Å². The molecule has 0 aliphatic heterocycles. The molecule has 0 aliphatic carbocycles. The molecule has 0 fully saturated rings. The molecule has 0 aliphatic rings. The van der Waals surface area contributed by atoms with Crippen molar-refractivity contribution < 1.29 is 9.18 Å². The van der Waals surface area contributed by atoms with Gasteiger partial charge in [0.2, 0.25) is 0 Å². The lowest BCUT2D eigenvalue weighted by Crippen LogP contribution is -2.13. The summed E-state index contributed by atoms with van der Waals surface area (Å²) in [5, 5.41) is 12.2. The third kappa shape index (κ3) is 4.16. The second-order valence-electron chi connectivity index (χ2n) is 4.18. The minimum absolute atomic E-state index is 0.0540. The quantitative estimate of drug-likeness (QED) is 0.687. The van der Waals surface area contributed by atoms with Crippen molar-refractivity contribution in [2.75, 3.05) is 5.32 Å². The predicted octanol–water partition coefficient (Wildman–Crippen LogP) is 4.02. The van der Waals surface area contributed by atoms with Gasteiger partial charge in [0.15, 0.2) is 0 Å². The molecule has 21 heavy (non-hydrogen) atoms. The molecule has 0 bridgehead atoms. The molecule has 3 nitrogen and oxygen atoms in total. The first kappa shape index (κ1) is 14.8. The number of carbonyl (C=O) groups is 1. The van der Waals surface area contributed by atoms with Gasteiger partial charge in [0.25, 0.3) is 5.91 Å². The van der Waals surface area contributed by atoms with E-state index in [1.165, 1.54) is 30.3 Å². The highest BCUT2D eigenvalue weighted by atomic mass is 35.5. The summed E-state index contributed by atoms with van der Waals surface area (Å²) in [6.45, 7) is 0. The van der Waals surface area contributed by atoms with Crippen LogP contribution in [-0.4, -0.2) is 5.91 Å². The predicted molar refractivity (Wildman–Crippen MR) is 80.1 cm³/mol. The van der Waals surface area contributed by atoms with E-state index in [1.54, 1.807) is 24.3 Å². The molecule has 0 saturated heterocycles. The third-order valence-corrected chi connectivity index (χ3v) is 2.90. The number of anilines is 1. The van der Waals surface area contributed by atoms with E-state index in [-0.39, 0.29) is 5.57 Å². The lowest BCUT2D eigenvalue weighted by atomic mass is 10.1. The van der Waals surface area contributed by atoms with Crippen LogP contribution in [0, 0.1) is 17.1 Å². The minimum atomic E-state index is -0.556. The highest BCUT2D eigenvalue weighted by Crippen LogP contribution is 2.14. The van der Waals surface area contributed by atoms with Crippen LogP contribution in [0.4, 0.5) is 10.1 Å². The normalized spacial score (nSPS) is 10.8. The molecule has 0 radical (unpaired) electrons. The summed E-state index contributed by atoms with van der Waals surface area (Å²) >= 11 is 5.77. The average Bonchev–Trinajstić information content (AvgIpc) is 2.49. The first-order valence-corrected chi connectivity index (χ1v) is 6.40. The van der Waals surface area contributed by atoms with E-state index in [0.717, 1.165) is 0 Å². The fourth-order valence-corrected chi connectivity index (χ4v) is 1.73. The third-order valence-electron chi connectivity index (χ3n) is 2.65. The van der Waals surface area contributed by atoms with E-state index in [0.29, 0.717) is 16.3 Å². The summed E-state index contributed by atoms with van der Waals surface area (Å²) in [5.74, 6) is -0.954. The van der Waals surface area contributed by atoms with E-state index in [4.69, 9.17) is 16.9 Å². The Morgan fingerprint density at radius 2 is 1.76 bits per heavy atom. The number of nitrogens with one attached hydrogen (secondary N) is 1. The molecule has 0 atom stereocenters. The molecule has 0 saturated carbocycles. The van der Waals surface area contributed by atoms with Gasteiger partial charge in [-0.15, -0.1) is 0 Å². The van der Waals surface area contributed by atoms with Gasteiger partial charge in [-0.2, -0.15) is 5.26 Å². The highest BCUT2D eigenvalue weighted by molar-refractivity contribution is 6.30. The number of amides is 1. The van der Waals surface area contributed by atoms with Gasteiger partial charge in [0.1, 0.15) is 17.5 Å². The molecule has 1 amide bonds. The van der Waals surface area contributed by atoms with Crippen molar-refractivity contribution in [3.05, 3.63) is 70.5 Å². The first-order chi connectivity index (χ1) is 10.1. The van der Waals surface area contributed by atoms with Gasteiger partial charge in [-0.3, -0.25) is 4.79 Å². The number of benzene rings is 2. The van der Waals surface area contributed by atoms with Gasteiger partial charge < -0.3 is 5.32 Å². The number of carbonyl (C=O) groups excluding carboxylic acids is 1. The zero-order valence-corrected chi connectivity index (χ0v) is 11.6. The number of hydrogen-bond acceptors (Lipinski definition) is 2. The summed E-state index contributed by atoms with van der Waals surface area (Å²) in [7, 11) is 0. The van der Waals surface area contributed by atoms with Gasteiger partial charge >= 0.3 is 0 Å². The Bertz CT molecular complexity index is 715. The summed E-state index contributed by atoms with van der Waals surface area (Å²) in [5.41, 5.74) is 1.05. The molecule has 2 aromatic carbocycles. The number of nitriles is 1. The maximum absolute atomic E-state index is 12.8. The summed E-state index contributed by atoms with van der Waals surface area (Å²) < 4.78 is 12.8. The van der Waals surface area contributed by atoms with Crippen molar-refractivity contribution in [2.45, 2.75) is 0 Å². The van der Waals surface area contributed by atoms with E-state index in [2.05, 4.69) is 5.32 Å². The maximum Gasteiger partial charge on any atom is 0.266 e. The van der Waals surface area contributed by atoms with Crippen LogP contribution in [-0.2, 0) is 4.79 Å². The highest BCUT2D eigenvalue weighted by Gasteiger charge is 2.09.